The standard InChI is InChI=1S/C18H20F3N3O5/c1-17(27,18(19,20)21)16(26)23-8-12-13(9-23)14(12)15(25)22-6-5-10-3-2-4-11(7-10)24(28)29/h2-4,7,12-14,27H,5-6,8-9H2,1H3,(H,22,25)/t12-,13+,14?,17?. The van der Waals surface area contributed by atoms with Gasteiger partial charge in [-0.15, -0.1) is 0 Å². The number of nitro groups is 1. The first kappa shape index (κ1) is 21.0. The Kier molecular flexibility index (Phi) is 5.28. The first-order chi connectivity index (χ1) is 13.4. The molecule has 0 bridgehead atoms. The van der Waals surface area contributed by atoms with Crippen LogP contribution in [0.2, 0.25) is 0 Å². The van der Waals surface area contributed by atoms with E-state index in [1.807, 2.05) is 0 Å². The molecule has 1 heterocycles. The number of rotatable bonds is 6. The highest BCUT2D eigenvalue weighted by atomic mass is 19.4. The number of piperidine rings is 1. The third-order valence-corrected chi connectivity index (χ3v) is 5.59. The molecule has 2 amide bonds. The van der Waals surface area contributed by atoms with E-state index in [2.05, 4.69) is 5.32 Å². The van der Waals surface area contributed by atoms with Crippen molar-refractivity contribution in [2.24, 2.45) is 17.8 Å². The van der Waals surface area contributed by atoms with Crippen molar-refractivity contribution in [2.45, 2.75) is 25.1 Å². The average Bonchev–Trinajstić information content (AvgIpc) is 3.14. The fourth-order valence-electron chi connectivity index (χ4n) is 3.78. The molecule has 2 aliphatic rings. The Bertz CT molecular complexity index is 830. The van der Waals surface area contributed by atoms with Gasteiger partial charge in [0.05, 0.1) is 4.92 Å². The number of nitrogens with zero attached hydrogens (tertiary/aromatic N) is 2. The number of nitro benzene ring substituents is 1. The zero-order valence-corrected chi connectivity index (χ0v) is 15.5. The van der Waals surface area contributed by atoms with Crippen LogP contribution >= 0.6 is 0 Å². The maximum absolute atomic E-state index is 12.8. The van der Waals surface area contributed by atoms with Gasteiger partial charge in [-0.3, -0.25) is 19.7 Å². The number of carbonyl (C=O) groups is 2. The third-order valence-electron chi connectivity index (χ3n) is 5.59. The SMILES string of the molecule is CC(O)(C(=O)N1C[C@@H]2C(C(=O)NCCc3cccc([N+](=O)[O-])c3)[C@@H]2C1)C(F)(F)F. The molecule has 1 saturated carbocycles. The second-order valence-electron chi connectivity index (χ2n) is 7.60. The number of amides is 2. The van der Waals surface area contributed by atoms with E-state index in [0.717, 1.165) is 4.90 Å². The summed E-state index contributed by atoms with van der Waals surface area (Å²) in [5.74, 6) is -2.47. The van der Waals surface area contributed by atoms with Gasteiger partial charge < -0.3 is 15.3 Å². The summed E-state index contributed by atoms with van der Waals surface area (Å²) in [6.07, 6.45) is -4.67. The number of alkyl halides is 3. The highest BCUT2D eigenvalue weighted by Gasteiger charge is 2.64. The van der Waals surface area contributed by atoms with Crippen LogP contribution in [0.4, 0.5) is 18.9 Å². The topological polar surface area (TPSA) is 113 Å². The van der Waals surface area contributed by atoms with Gasteiger partial charge in [0.15, 0.2) is 0 Å². The number of hydrogen-bond acceptors (Lipinski definition) is 5. The zero-order valence-electron chi connectivity index (χ0n) is 15.5. The van der Waals surface area contributed by atoms with Gasteiger partial charge in [0.25, 0.3) is 11.6 Å². The maximum Gasteiger partial charge on any atom is 0.426 e. The van der Waals surface area contributed by atoms with Crippen LogP contribution in [0.25, 0.3) is 0 Å². The molecule has 1 aliphatic heterocycles. The molecule has 2 N–H and O–H groups in total. The molecule has 29 heavy (non-hydrogen) atoms. The van der Waals surface area contributed by atoms with Crippen LogP contribution in [0.5, 0.6) is 0 Å². The lowest BCUT2D eigenvalue weighted by Crippen LogP contribution is -2.56. The van der Waals surface area contributed by atoms with Gasteiger partial charge >= 0.3 is 6.18 Å². The van der Waals surface area contributed by atoms with E-state index in [4.69, 9.17) is 0 Å². The number of likely N-dealkylation sites (tertiary alicyclic amines) is 1. The minimum Gasteiger partial charge on any atom is -0.373 e. The molecule has 1 saturated heterocycles. The fourth-order valence-corrected chi connectivity index (χ4v) is 3.78. The molecular formula is C18H20F3N3O5. The lowest BCUT2D eigenvalue weighted by molar-refractivity contribution is -0.384. The molecule has 11 heteroatoms. The van der Waals surface area contributed by atoms with E-state index < -0.39 is 22.6 Å². The first-order valence-corrected chi connectivity index (χ1v) is 9.03. The summed E-state index contributed by atoms with van der Waals surface area (Å²) in [6.45, 7) is 0.691. The molecule has 8 nitrogen and oxygen atoms in total. The smallest absolute Gasteiger partial charge is 0.373 e. The highest BCUT2D eigenvalue weighted by Crippen LogP contribution is 2.52. The number of aliphatic hydroxyl groups is 1. The summed E-state index contributed by atoms with van der Waals surface area (Å²) in [7, 11) is 0. The number of non-ortho nitro benzene ring substituents is 1. The molecule has 0 spiro atoms. The van der Waals surface area contributed by atoms with E-state index in [9.17, 15) is 38.0 Å². The van der Waals surface area contributed by atoms with Crippen LogP contribution < -0.4 is 5.32 Å². The van der Waals surface area contributed by atoms with Crippen molar-refractivity contribution in [1.29, 1.82) is 0 Å². The lowest BCUT2D eigenvalue weighted by Gasteiger charge is -2.30. The van der Waals surface area contributed by atoms with E-state index in [1.54, 1.807) is 12.1 Å². The van der Waals surface area contributed by atoms with Crippen LogP contribution in [0.1, 0.15) is 12.5 Å². The Labute approximate surface area is 163 Å². The van der Waals surface area contributed by atoms with Gasteiger partial charge in [-0.05, 0) is 30.7 Å². The summed E-state index contributed by atoms with van der Waals surface area (Å²) in [6, 6.07) is 6.06. The molecule has 158 valence electrons. The molecule has 2 fully saturated rings. The predicted octanol–water partition coefficient (Wildman–Crippen LogP) is 1.27. The highest BCUT2D eigenvalue weighted by molar-refractivity contribution is 5.87. The molecule has 1 aliphatic carbocycles. The number of fused-ring (bicyclic) bond motifs is 1. The van der Waals surface area contributed by atoms with Gasteiger partial charge in [0.2, 0.25) is 11.5 Å². The number of carbonyl (C=O) groups excluding carboxylic acids is 2. The van der Waals surface area contributed by atoms with Crippen molar-refractivity contribution in [3.05, 3.63) is 39.9 Å². The molecule has 2 unspecified atom stereocenters. The summed E-state index contributed by atoms with van der Waals surface area (Å²) in [5.41, 5.74) is -2.79. The van der Waals surface area contributed by atoms with Gasteiger partial charge in [-0.1, -0.05) is 12.1 Å². The van der Waals surface area contributed by atoms with Gasteiger partial charge in [0.1, 0.15) is 0 Å². The molecular weight excluding hydrogens is 395 g/mol. The maximum atomic E-state index is 12.8. The van der Waals surface area contributed by atoms with Crippen molar-refractivity contribution in [3.63, 3.8) is 0 Å². The molecule has 0 aromatic heterocycles. The Balaban J connectivity index is 1.46. The minimum absolute atomic E-state index is 0.00129. The van der Waals surface area contributed by atoms with Crippen LogP contribution in [0, 0.1) is 27.9 Å². The van der Waals surface area contributed by atoms with E-state index >= 15 is 0 Å². The van der Waals surface area contributed by atoms with Gasteiger partial charge in [0, 0.05) is 37.7 Å². The Morgan fingerprint density at radius 1 is 1.31 bits per heavy atom. The monoisotopic (exact) mass is 415 g/mol. The van der Waals surface area contributed by atoms with Crippen molar-refractivity contribution >= 4 is 17.5 Å². The van der Waals surface area contributed by atoms with E-state index in [-0.39, 0.29) is 49.0 Å². The number of halogens is 3. The minimum atomic E-state index is -5.07. The van der Waals surface area contributed by atoms with Crippen LogP contribution in [0.15, 0.2) is 24.3 Å². The summed E-state index contributed by atoms with van der Waals surface area (Å²) in [4.78, 5) is 35.4. The third kappa shape index (κ3) is 4.04. The quantitative estimate of drug-likeness (QED) is 0.537. The molecule has 3 rings (SSSR count). The average molecular weight is 415 g/mol. The van der Waals surface area contributed by atoms with Crippen molar-refractivity contribution in [2.75, 3.05) is 19.6 Å². The second kappa shape index (κ2) is 7.29. The number of benzene rings is 1. The predicted molar refractivity (Wildman–Crippen MR) is 93.5 cm³/mol. The first-order valence-electron chi connectivity index (χ1n) is 9.03. The van der Waals surface area contributed by atoms with Crippen molar-refractivity contribution < 1.29 is 32.8 Å². The number of hydrogen-bond donors (Lipinski definition) is 2. The van der Waals surface area contributed by atoms with Gasteiger partial charge in [-0.25, -0.2) is 0 Å². The molecule has 4 atom stereocenters. The van der Waals surface area contributed by atoms with E-state index in [1.165, 1.54) is 12.1 Å². The normalized spacial score (nSPS) is 25.1. The largest absolute Gasteiger partial charge is 0.426 e. The molecule has 0 radical (unpaired) electrons. The van der Waals surface area contributed by atoms with Gasteiger partial charge in [-0.2, -0.15) is 13.2 Å². The van der Waals surface area contributed by atoms with Crippen LogP contribution in [0.3, 0.4) is 0 Å². The molecule has 1 aromatic rings. The summed E-state index contributed by atoms with van der Waals surface area (Å²) >= 11 is 0. The van der Waals surface area contributed by atoms with E-state index in [0.29, 0.717) is 18.9 Å². The number of nitrogens with one attached hydrogen (secondary N) is 1. The Morgan fingerprint density at radius 3 is 2.48 bits per heavy atom. The second-order valence-corrected chi connectivity index (χ2v) is 7.60. The Hall–Kier alpha value is -2.69. The zero-order chi connectivity index (χ0) is 21.6. The van der Waals surface area contributed by atoms with Crippen LogP contribution in [-0.2, 0) is 16.0 Å². The lowest BCUT2D eigenvalue weighted by atomic mass is 10.0. The Morgan fingerprint density at radius 2 is 1.93 bits per heavy atom. The summed E-state index contributed by atoms with van der Waals surface area (Å²) < 4.78 is 38.4. The van der Waals surface area contributed by atoms with Crippen molar-refractivity contribution in [1.82, 2.24) is 10.2 Å². The van der Waals surface area contributed by atoms with Crippen molar-refractivity contribution in [3.8, 4) is 0 Å². The summed E-state index contributed by atoms with van der Waals surface area (Å²) in [5, 5.41) is 23.0. The van der Waals surface area contributed by atoms with Crippen LogP contribution in [-0.4, -0.2) is 58.2 Å². The molecule has 1 aromatic carbocycles. The fraction of sp³-hybridized carbons (Fsp3) is 0.556.